The number of rotatable bonds is 8. The van der Waals surface area contributed by atoms with E-state index >= 15 is 0 Å². The number of nitrogens with one attached hydrogen (secondary N) is 2. The highest BCUT2D eigenvalue weighted by molar-refractivity contribution is 7.84. The van der Waals surface area contributed by atoms with E-state index in [1.165, 1.54) is 0 Å². The Morgan fingerprint density at radius 1 is 1.47 bits per heavy atom. The van der Waals surface area contributed by atoms with Crippen molar-refractivity contribution in [2.45, 2.75) is 12.8 Å². The first-order chi connectivity index (χ1) is 7.16. The lowest BCUT2D eigenvalue weighted by atomic mass is 10.4. The standard InChI is InChI=1S/C9H17N3O2S/c1-15(14)7-3-5-11-8-9(13)12-6-2-4-10/h11H,2-3,5-8H2,1H3,(H,12,13). The summed E-state index contributed by atoms with van der Waals surface area (Å²) in [7, 11) is -0.762. The Bertz CT molecular complexity index is 250. The van der Waals surface area contributed by atoms with Crippen molar-refractivity contribution in [1.82, 2.24) is 10.6 Å². The number of nitriles is 1. The summed E-state index contributed by atoms with van der Waals surface area (Å²) in [6, 6.07) is 1.94. The smallest absolute Gasteiger partial charge is 0.233 e. The topological polar surface area (TPSA) is 82.0 Å². The highest BCUT2D eigenvalue weighted by Gasteiger charge is 1.98. The van der Waals surface area contributed by atoms with Gasteiger partial charge in [-0.3, -0.25) is 9.00 Å². The Kier molecular flexibility index (Phi) is 9.02. The molecule has 86 valence electrons. The van der Waals surface area contributed by atoms with Gasteiger partial charge in [0.1, 0.15) is 0 Å². The minimum atomic E-state index is -0.762. The number of nitrogens with zero attached hydrogens (tertiary/aromatic N) is 1. The second kappa shape index (κ2) is 9.62. The average molecular weight is 231 g/mol. The van der Waals surface area contributed by atoms with Crippen LogP contribution in [0.1, 0.15) is 12.8 Å². The van der Waals surface area contributed by atoms with Crippen LogP contribution in [-0.4, -0.2) is 41.8 Å². The SMILES string of the molecule is CS(=O)CCCNCC(=O)NCCC#N. The van der Waals surface area contributed by atoms with Crippen molar-refractivity contribution in [3.8, 4) is 6.07 Å². The van der Waals surface area contributed by atoms with E-state index < -0.39 is 10.8 Å². The Morgan fingerprint density at radius 3 is 2.80 bits per heavy atom. The second-order valence-electron chi connectivity index (χ2n) is 3.07. The van der Waals surface area contributed by atoms with Gasteiger partial charge in [0.15, 0.2) is 0 Å². The van der Waals surface area contributed by atoms with Gasteiger partial charge in [-0.1, -0.05) is 0 Å². The third kappa shape index (κ3) is 11.0. The zero-order chi connectivity index (χ0) is 11.5. The van der Waals surface area contributed by atoms with E-state index in [2.05, 4.69) is 10.6 Å². The number of carbonyl (C=O) groups excluding carboxylic acids is 1. The summed E-state index contributed by atoms with van der Waals surface area (Å²) in [5.74, 6) is 0.547. The Morgan fingerprint density at radius 2 is 2.20 bits per heavy atom. The van der Waals surface area contributed by atoms with Gasteiger partial charge in [-0.05, 0) is 13.0 Å². The van der Waals surface area contributed by atoms with Crippen LogP contribution < -0.4 is 10.6 Å². The summed E-state index contributed by atoms with van der Waals surface area (Å²) in [5.41, 5.74) is 0. The zero-order valence-electron chi connectivity index (χ0n) is 8.91. The lowest BCUT2D eigenvalue weighted by Gasteiger charge is -2.04. The van der Waals surface area contributed by atoms with Gasteiger partial charge in [0.25, 0.3) is 0 Å². The average Bonchev–Trinajstić information content (AvgIpc) is 2.17. The largest absolute Gasteiger partial charge is 0.354 e. The Hall–Kier alpha value is -0.930. The Labute approximate surface area is 92.7 Å². The predicted molar refractivity (Wildman–Crippen MR) is 59.7 cm³/mol. The number of amides is 1. The summed E-state index contributed by atoms with van der Waals surface area (Å²) in [6.07, 6.45) is 2.80. The monoisotopic (exact) mass is 231 g/mol. The van der Waals surface area contributed by atoms with Crippen molar-refractivity contribution in [3.05, 3.63) is 0 Å². The van der Waals surface area contributed by atoms with E-state index in [9.17, 15) is 9.00 Å². The molecule has 2 N–H and O–H groups in total. The second-order valence-corrected chi connectivity index (χ2v) is 4.62. The minimum Gasteiger partial charge on any atom is -0.354 e. The van der Waals surface area contributed by atoms with Crippen LogP contribution in [0.3, 0.4) is 0 Å². The van der Waals surface area contributed by atoms with E-state index in [0.29, 0.717) is 25.3 Å². The molecule has 0 rings (SSSR count). The molecule has 0 fully saturated rings. The van der Waals surface area contributed by atoms with Crippen molar-refractivity contribution in [3.63, 3.8) is 0 Å². The van der Waals surface area contributed by atoms with E-state index in [4.69, 9.17) is 5.26 Å². The van der Waals surface area contributed by atoms with Gasteiger partial charge in [0.05, 0.1) is 19.0 Å². The van der Waals surface area contributed by atoms with Gasteiger partial charge in [-0.15, -0.1) is 0 Å². The van der Waals surface area contributed by atoms with Crippen molar-refractivity contribution in [2.24, 2.45) is 0 Å². The van der Waals surface area contributed by atoms with Gasteiger partial charge in [0.2, 0.25) is 5.91 Å². The van der Waals surface area contributed by atoms with Crippen molar-refractivity contribution >= 4 is 16.7 Å². The molecular formula is C9H17N3O2S. The molecule has 15 heavy (non-hydrogen) atoms. The first-order valence-corrected chi connectivity index (χ1v) is 6.54. The molecule has 0 aliphatic heterocycles. The predicted octanol–water partition coefficient (Wildman–Crippen LogP) is -0.626. The van der Waals surface area contributed by atoms with E-state index in [1.54, 1.807) is 6.26 Å². The molecule has 5 nitrogen and oxygen atoms in total. The lowest BCUT2D eigenvalue weighted by Crippen LogP contribution is -2.34. The molecule has 0 aliphatic carbocycles. The molecule has 0 aromatic rings. The summed E-state index contributed by atoms with van der Waals surface area (Å²) < 4.78 is 10.7. The molecule has 0 spiro atoms. The fourth-order valence-corrected chi connectivity index (χ4v) is 1.47. The van der Waals surface area contributed by atoms with Gasteiger partial charge in [-0.25, -0.2) is 0 Å². The molecule has 6 heteroatoms. The number of carbonyl (C=O) groups is 1. The maximum absolute atomic E-state index is 11.1. The molecular weight excluding hydrogens is 214 g/mol. The molecule has 0 aromatic carbocycles. The molecule has 1 amide bonds. The van der Waals surface area contributed by atoms with E-state index in [1.807, 2.05) is 6.07 Å². The zero-order valence-corrected chi connectivity index (χ0v) is 9.73. The summed E-state index contributed by atoms with van der Waals surface area (Å²) >= 11 is 0. The molecule has 0 heterocycles. The van der Waals surface area contributed by atoms with Crippen LogP contribution in [0.15, 0.2) is 0 Å². The first-order valence-electron chi connectivity index (χ1n) is 4.81. The summed E-state index contributed by atoms with van der Waals surface area (Å²) in [5, 5.41) is 13.8. The van der Waals surface area contributed by atoms with Gasteiger partial charge in [-0.2, -0.15) is 5.26 Å². The summed E-state index contributed by atoms with van der Waals surface area (Å²) in [6.45, 7) is 1.34. The normalized spacial score (nSPS) is 11.7. The molecule has 0 saturated heterocycles. The highest BCUT2D eigenvalue weighted by atomic mass is 32.2. The van der Waals surface area contributed by atoms with Gasteiger partial charge >= 0.3 is 0 Å². The van der Waals surface area contributed by atoms with Crippen LogP contribution >= 0.6 is 0 Å². The molecule has 0 aliphatic rings. The van der Waals surface area contributed by atoms with Crippen LogP contribution in [0.25, 0.3) is 0 Å². The number of hydrogen-bond acceptors (Lipinski definition) is 4. The summed E-state index contributed by atoms with van der Waals surface area (Å²) in [4.78, 5) is 11.1. The van der Waals surface area contributed by atoms with E-state index in [0.717, 1.165) is 6.42 Å². The fourth-order valence-electron chi connectivity index (χ4n) is 0.923. The Balaban J connectivity index is 3.24. The molecule has 0 aromatic heterocycles. The van der Waals surface area contributed by atoms with E-state index in [-0.39, 0.29) is 12.5 Å². The highest BCUT2D eigenvalue weighted by Crippen LogP contribution is 1.81. The fraction of sp³-hybridized carbons (Fsp3) is 0.778. The molecule has 0 saturated carbocycles. The van der Waals surface area contributed by atoms with Gasteiger partial charge < -0.3 is 10.6 Å². The van der Waals surface area contributed by atoms with Crippen LogP contribution in [0.2, 0.25) is 0 Å². The van der Waals surface area contributed by atoms with Crippen LogP contribution in [0.4, 0.5) is 0 Å². The van der Waals surface area contributed by atoms with Crippen LogP contribution in [0, 0.1) is 11.3 Å². The molecule has 1 unspecified atom stereocenters. The quantitative estimate of drug-likeness (QED) is 0.545. The van der Waals surface area contributed by atoms with Crippen LogP contribution in [-0.2, 0) is 15.6 Å². The lowest BCUT2D eigenvalue weighted by molar-refractivity contribution is -0.120. The van der Waals surface area contributed by atoms with Crippen molar-refractivity contribution in [1.29, 1.82) is 5.26 Å². The molecule has 0 radical (unpaired) electrons. The minimum absolute atomic E-state index is 0.108. The third-order valence-corrected chi connectivity index (χ3v) is 2.49. The van der Waals surface area contributed by atoms with Crippen LogP contribution in [0.5, 0.6) is 0 Å². The van der Waals surface area contributed by atoms with Gasteiger partial charge in [0, 0.05) is 29.4 Å². The maximum atomic E-state index is 11.1. The molecule has 0 bridgehead atoms. The van der Waals surface area contributed by atoms with Crippen molar-refractivity contribution in [2.75, 3.05) is 31.6 Å². The molecule has 1 atom stereocenters. The van der Waals surface area contributed by atoms with Crippen molar-refractivity contribution < 1.29 is 9.00 Å². The number of hydrogen-bond donors (Lipinski definition) is 2. The third-order valence-electron chi connectivity index (χ3n) is 1.63. The first kappa shape index (κ1) is 14.1. The maximum Gasteiger partial charge on any atom is 0.233 e.